The highest BCUT2D eigenvalue weighted by Gasteiger charge is 2.14. The van der Waals surface area contributed by atoms with Gasteiger partial charge in [0, 0.05) is 11.9 Å². The maximum atomic E-state index is 13.0. The number of hydrogen-bond donors (Lipinski definition) is 1. The molecule has 1 aromatic heterocycles. The molecule has 3 rings (SSSR count). The van der Waals surface area contributed by atoms with Crippen molar-refractivity contribution in [1.29, 1.82) is 0 Å². The molecular weight excluding hydrogens is 309 g/mol. The van der Waals surface area contributed by atoms with E-state index in [4.69, 9.17) is 4.74 Å². The Kier molecular flexibility index (Phi) is 4.65. The fraction of sp³-hybridized carbons (Fsp3) is 0.167. The van der Waals surface area contributed by atoms with Gasteiger partial charge in [-0.1, -0.05) is 24.3 Å². The second-order valence-corrected chi connectivity index (χ2v) is 5.11. The average molecular weight is 325 g/mol. The Balaban J connectivity index is 1.92. The third-order valence-corrected chi connectivity index (χ3v) is 3.43. The topological polar surface area (TPSA) is 64.1 Å². The molecule has 1 N–H and O–H groups in total. The Morgan fingerprint density at radius 2 is 1.88 bits per heavy atom. The zero-order valence-electron chi connectivity index (χ0n) is 13.1. The highest BCUT2D eigenvalue weighted by molar-refractivity contribution is 5.94. The summed E-state index contributed by atoms with van der Waals surface area (Å²) in [5.74, 6) is -0.297. The van der Waals surface area contributed by atoms with Gasteiger partial charge in [0.15, 0.2) is 0 Å². The fourth-order valence-electron chi connectivity index (χ4n) is 2.29. The zero-order chi connectivity index (χ0) is 16.9. The molecule has 0 radical (unpaired) electrons. The highest BCUT2D eigenvalue weighted by Crippen LogP contribution is 2.21. The van der Waals surface area contributed by atoms with Gasteiger partial charge in [-0.25, -0.2) is 19.2 Å². The predicted octanol–water partition coefficient (Wildman–Crippen LogP) is 3.56. The first kappa shape index (κ1) is 15.9. The number of esters is 1. The van der Waals surface area contributed by atoms with E-state index in [0.717, 1.165) is 10.9 Å². The lowest BCUT2D eigenvalue weighted by molar-refractivity contribution is 0.0512. The van der Waals surface area contributed by atoms with Crippen LogP contribution in [0.4, 0.5) is 10.2 Å². The second-order valence-electron chi connectivity index (χ2n) is 5.11. The maximum Gasteiger partial charge on any atom is 0.376 e. The Morgan fingerprint density at radius 1 is 1.12 bits per heavy atom. The van der Waals surface area contributed by atoms with E-state index in [1.54, 1.807) is 19.1 Å². The second kappa shape index (κ2) is 7.04. The summed E-state index contributed by atoms with van der Waals surface area (Å²) in [6, 6.07) is 13.6. The third-order valence-electron chi connectivity index (χ3n) is 3.43. The van der Waals surface area contributed by atoms with E-state index in [9.17, 15) is 9.18 Å². The van der Waals surface area contributed by atoms with Gasteiger partial charge in [0.2, 0.25) is 5.82 Å². The van der Waals surface area contributed by atoms with Gasteiger partial charge >= 0.3 is 5.97 Å². The van der Waals surface area contributed by atoms with Gasteiger partial charge < -0.3 is 10.1 Å². The van der Waals surface area contributed by atoms with Gasteiger partial charge in [0.25, 0.3) is 0 Å². The van der Waals surface area contributed by atoms with Crippen molar-refractivity contribution in [2.45, 2.75) is 13.5 Å². The smallest absolute Gasteiger partial charge is 0.376 e. The average Bonchev–Trinajstić information content (AvgIpc) is 2.61. The van der Waals surface area contributed by atoms with Crippen LogP contribution in [0.3, 0.4) is 0 Å². The van der Waals surface area contributed by atoms with Crippen LogP contribution in [-0.2, 0) is 11.3 Å². The number of carbonyl (C=O) groups excluding carboxylic acids is 1. The number of ether oxygens (including phenoxy) is 1. The molecule has 6 heteroatoms. The predicted molar refractivity (Wildman–Crippen MR) is 89.2 cm³/mol. The van der Waals surface area contributed by atoms with Crippen molar-refractivity contribution >= 4 is 22.7 Å². The number of para-hydroxylation sites is 1. The van der Waals surface area contributed by atoms with Gasteiger partial charge in [0.05, 0.1) is 12.1 Å². The standard InChI is InChI=1S/C18H16FN3O2/c1-2-24-18(23)17-21-15-6-4-3-5-14(15)16(22-17)20-11-12-7-9-13(19)10-8-12/h3-10H,2,11H2,1H3,(H,20,21,22). The highest BCUT2D eigenvalue weighted by atomic mass is 19.1. The summed E-state index contributed by atoms with van der Waals surface area (Å²) in [4.78, 5) is 20.5. The molecule has 5 nitrogen and oxygen atoms in total. The summed E-state index contributed by atoms with van der Waals surface area (Å²) in [7, 11) is 0. The number of benzene rings is 2. The van der Waals surface area contributed by atoms with E-state index in [2.05, 4.69) is 15.3 Å². The summed E-state index contributed by atoms with van der Waals surface area (Å²) < 4.78 is 18.0. The van der Waals surface area contributed by atoms with E-state index in [0.29, 0.717) is 17.9 Å². The molecule has 24 heavy (non-hydrogen) atoms. The van der Waals surface area contributed by atoms with Gasteiger partial charge in [0.1, 0.15) is 11.6 Å². The molecule has 0 amide bonds. The van der Waals surface area contributed by atoms with Gasteiger partial charge in [-0.2, -0.15) is 0 Å². The molecule has 1 heterocycles. The first-order chi connectivity index (χ1) is 11.7. The van der Waals surface area contributed by atoms with Crippen molar-refractivity contribution in [3.05, 3.63) is 65.7 Å². The zero-order valence-corrected chi connectivity index (χ0v) is 13.1. The van der Waals surface area contributed by atoms with Crippen molar-refractivity contribution in [1.82, 2.24) is 9.97 Å². The van der Waals surface area contributed by atoms with E-state index in [-0.39, 0.29) is 18.2 Å². The fourth-order valence-corrected chi connectivity index (χ4v) is 2.29. The molecule has 0 aliphatic rings. The minimum atomic E-state index is -0.562. The minimum absolute atomic E-state index is 0.0113. The van der Waals surface area contributed by atoms with Crippen LogP contribution in [0.2, 0.25) is 0 Å². The van der Waals surface area contributed by atoms with Crippen LogP contribution in [0.15, 0.2) is 48.5 Å². The quantitative estimate of drug-likeness (QED) is 0.727. The van der Waals surface area contributed by atoms with E-state index >= 15 is 0 Å². The summed E-state index contributed by atoms with van der Waals surface area (Å²) >= 11 is 0. The summed E-state index contributed by atoms with van der Waals surface area (Å²) in [5, 5.41) is 3.98. The number of fused-ring (bicyclic) bond motifs is 1. The van der Waals surface area contributed by atoms with E-state index in [1.165, 1.54) is 12.1 Å². The van der Waals surface area contributed by atoms with Gasteiger partial charge in [-0.3, -0.25) is 0 Å². The van der Waals surface area contributed by atoms with Crippen molar-refractivity contribution < 1.29 is 13.9 Å². The maximum absolute atomic E-state index is 13.0. The van der Waals surface area contributed by atoms with Crippen LogP contribution in [0.1, 0.15) is 23.1 Å². The number of halogens is 1. The summed E-state index contributed by atoms with van der Waals surface area (Å²) in [5.41, 5.74) is 1.55. The Labute approximate surface area is 138 Å². The molecule has 0 saturated heterocycles. The molecule has 0 atom stereocenters. The first-order valence-electron chi connectivity index (χ1n) is 7.59. The molecule has 3 aromatic rings. The summed E-state index contributed by atoms with van der Waals surface area (Å²) in [6.07, 6.45) is 0. The molecule has 0 fully saturated rings. The van der Waals surface area contributed by atoms with Crippen LogP contribution >= 0.6 is 0 Å². The molecule has 0 aliphatic carbocycles. The van der Waals surface area contributed by atoms with Crippen molar-refractivity contribution in [2.24, 2.45) is 0 Å². The largest absolute Gasteiger partial charge is 0.460 e. The van der Waals surface area contributed by atoms with Crippen molar-refractivity contribution in [3.8, 4) is 0 Å². The molecule has 0 saturated carbocycles. The SMILES string of the molecule is CCOC(=O)c1nc(NCc2ccc(F)cc2)c2ccccc2n1. The van der Waals surface area contributed by atoms with Crippen molar-refractivity contribution in [2.75, 3.05) is 11.9 Å². The normalized spacial score (nSPS) is 10.6. The molecule has 2 aromatic carbocycles. The Bertz CT molecular complexity index is 866. The number of carbonyl (C=O) groups is 1. The lowest BCUT2D eigenvalue weighted by Crippen LogP contribution is -2.12. The van der Waals surface area contributed by atoms with Crippen LogP contribution < -0.4 is 5.32 Å². The number of aromatic nitrogens is 2. The molecule has 0 bridgehead atoms. The lowest BCUT2D eigenvalue weighted by Gasteiger charge is -2.10. The minimum Gasteiger partial charge on any atom is -0.460 e. The van der Waals surface area contributed by atoms with Gasteiger partial charge in [-0.05, 0) is 36.8 Å². The monoisotopic (exact) mass is 325 g/mol. The van der Waals surface area contributed by atoms with E-state index < -0.39 is 5.97 Å². The molecule has 0 unspecified atom stereocenters. The van der Waals surface area contributed by atoms with Gasteiger partial charge in [-0.15, -0.1) is 0 Å². The summed E-state index contributed by atoms with van der Waals surface area (Å²) in [6.45, 7) is 2.43. The van der Waals surface area contributed by atoms with Crippen molar-refractivity contribution in [3.63, 3.8) is 0 Å². The molecule has 0 aliphatic heterocycles. The Morgan fingerprint density at radius 3 is 2.62 bits per heavy atom. The molecular formula is C18H16FN3O2. The number of rotatable bonds is 5. The lowest BCUT2D eigenvalue weighted by atomic mass is 10.2. The number of nitrogens with zero attached hydrogens (tertiary/aromatic N) is 2. The molecule has 0 spiro atoms. The van der Waals surface area contributed by atoms with Crippen LogP contribution in [0, 0.1) is 5.82 Å². The van der Waals surface area contributed by atoms with Crippen LogP contribution in [0.5, 0.6) is 0 Å². The van der Waals surface area contributed by atoms with Crippen LogP contribution in [0.25, 0.3) is 10.9 Å². The van der Waals surface area contributed by atoms with E-state index in [1.807, 2.05) is 24.3 Å². The number of nitrogens with one attached hydrogen (secondary N) is 1. The number of hydrogen-bond acceptors (Lipinski definition) is 5. The van der Waals surface area contributed by atoms with Crippen LogP contribution in [-0.4, -0.2) is 22.5 Å². The third kappa shape index (κ3) is 3.48. The first-order valence-corrected chi connectivity index (χ1v) is 7.59. The molecule has 122 valence electrons. The number of anilines is 1. The Hall–Kier alpha value is -3.02.